The maximum atomic E-state index is 13.4. The van der Waals surface area contributed by atoms with Crippen molar-refractivity contribution in [2.75, 3.05) is 11.9 Å². The van der Waals surface area contributed by atoms with Gasteiger partial charge in [-0.25, -0.2) is 4.79 Å². The minimum Gasteiger partial charge on any atom is -0.489 e. The highest BCUT2D eigenvalue weighted by molar-refractivity contribution is 5.86. The number of nitrogens with one attached hydrogen (secondary N) is 1. The van der Waals surface area contributed by atoms with Crippen molar-refractivity contribution in [1.82, 2.24) is 0 Å². The van der Waals surface area contributed by atoms with Gasteiger partial charge in [-0.3, -0.25) is 5.32 Å². The molecule has 146 valence electrons. The molecule has 2 rings (SSSR count). The van der Waals surface area contributed by atoms with Crippen LogP contribution >= 0.6 is 0 Å². The van der Waals surface area contributed by atoms with Crippen molar-refractivity contribution in [3.8, 4) is 5.75 Å². The molecule has 0 bridgehead atoms. The Labute approximate surface area is 156 Å². The fraction of sp³-hybridized carbons (Fsp3) is 0.350. The summed E-state index contributed by atoms with van der Waals surface area (Å²) in [4.78, 5) is 11.7. The number of benzene rings is 2. The summed E-state index contributed by atoms with van der Waals surface area (Å²) in [6, 6.07) is 9.12. The lowest BCUT2D eigenvalue weighted by Gasteiger charge is -2.18. The molecule has 0 aliphatic carbocycles. The molecule has 1 amide bonds. The molecule has 0 saturated carbocycles. The summed E-state index contributed by atoms with van der Waals surface area (Å²) in [6.45, 7) is 5.23. The first kappa shape index (κ1) is 20.6. The molecule has 0 spiro atoms. The van der Waals surface area contributed by atoms with Crippen molar-refractivity contribution in [1.29, 1.82) is 0 Å². The summed E-state index contributed by atoms with van der Waals surface area (Å²) in [5, 5.41) is 2.35. The van der Waals surface area contributed by atoms with Crippen LogP contribution < -0.4 is 10.1 Å². The molecule has 27 heavy (non-hydrogen) atoms. The summed E-state index contributed by atoms with van der Waals surface area (Å²) in [5.74, 6) is 0.492. The molecule has 7 heteroatoms. The molecule has 2 aromatic carbocycles. The van der Waals surface area contributed by atoms with E-state index >= 15 is 0 Å². The Balaban J connectivity index is 2.33. The minimum atomic E-state index is -4.58. The van der Waals surface area contributed by atoms with Crippen LogP contribution in [0.3, 0.4) is 0 Å². The van der Waals surface area contributed by atoms with Gasteiger partial charge < -0.3 is 9.47 Å². The highest BCUT2D eigenvalue weighted by Crippen LogP contribution is 2.36. The van der Waals surface area contributed by atoms with Gasteiger partial charge in [-0.1, -0.05) is 25.1 Å². The third kappa shape index (κ3) is 5.39. The highest BCUT2D eigenvalue weighted by Gasteiger charge is 2.34. The number of alkyl halides is 3. The van der Waals surface area contributed by atoms with Crippen molar-refractivity contribution in [3.63, 3.8) is 0 Å². The minimum absolute atomic E-state index is 0.00565. The Kier molecular flexibility index (Phi) is 6.71. The molecular formula is C20H22F3NO3. The molecule has 2 aromatic rings. The summed E-state index contributed by atoms with van der Waals surface area (Å²) in [5.41, 5.74) is 0.932. The van der Waals surface area contributed by atoms with Crippen LogP contribution in [-0.4, -0.2) is 12.7 Å². The molecule has 0 atom stereocenters. The first-order valence-corrected chi connectivity index (χ1v) is 8.61. The van der Waals surface area contributed by atoms with Crippen LogP contribution in [0.2, 0.25) is 0 Å². The maximum absolute atomic E-state index is 13.4. The van der Waals surface area contributed by atoms with E-state index in [2.05, 4.69) is 5.32 Å². The van der Waals surface area contributed by atoms with Crippen LogP contribution in [0.1, 0.15) is 36.1 Å². The van der Waals surface area contributed by atoms with Crippen LogP contribution in [0, 0.1) is 6.92 Å². The number of carbonyl (C=O) groups is 1. The number of amides is 1. The number of halogens is 3. The highest BCUT2D eigenvalue weighted by atomic mass is 19.4. The zero-order valence-electron chi connectivity index (χ0n) is 15.4. The fourth-order valence-corrected chi connectivity index (χ4v) is 2.65. The predicted octanol–water partition coefficient (Wildman–Crippen LogP) is 5.72. The predicted molar refractivity (Wildman–Crippen MR) is 97.0 cm³/mol. The molecule has 0 heterocycles. The third-order valence-electron chi connectivity index (χ3n) is 4.01. The Hall–Kier alpha value is -2.70. The average molecular weight is 381 g/mol. The smallest absolute Gasteiger partial charge is 0.416 e. The van der Waals surface area contributed by atoms with Crippen LogP contribution in [0.5, 0.6) is 5.75 Å². The molecule has 0 saturated heterocycles. The zero-order chi connectivity index (χ0) is 20.0. The number of hydrogen-bond acceptors (Lipinski definition) is 3. The maximum Gasteiger partial charge on any atom is 0.416 e. The molecule has 0 aliphatic heterocycles. The monoisotopic (exact) mass is 381 g/mol. The molecule has 0 radical (unpaired) electrons. The van der Waals surface area contributed by atoms with Crippen LogP contribution in [0.25, 0.3) is 0 Å². The summed E-state index contributed by atoms with van der Waals surface area (Å²) < 4.78 is 50.7. The SMILES string of the molecule is CCOC(=O)Nc1cccc(C(F)(F)F)c1COc1ccc(CC)cc1C. The van der Waals surface area contributed by atoms with Crippen LogP contribution in [0.4, 0.5) is 23.7 Å². The number of aryl methyl sites for hydroxylation is 2. The molecule has 4 nitrogen and oxygen atoms in total. The van der Waals surface area contributed by atoms with Gasteiger partial charge in [0, 0.05) is 5.56 Å². The van der Waals surface area contributed by atoms with Crippen molar-refractivity contribution in [2.24, 2.45) is 0 Å². The normalized spacial score (nSPS) is 11.2. The van der Waals surface area contributed by atoms with Crippen LogP contribution in [0.15, 0.2) is 36.4 Å². The lowest BCUT2D eigenvalue weighted by Crippen LogP contribution is -2.18. The van der Waals surface area contributed by atoms with E-state index in [1.807, 2.05) is 26.0 Å². The molecular weight excluding hydrogens is 359 g/mol. The molecule has 0 aromatic heterocycles. The van der Waals surface area contributed by atoms with E-state index in [-0.39, 0.29) is 24.5 Å². The molecule has 0 fully saturated rings. The lowest BCUT2D eigenvalue weighted by atomic mass is 10.0. The van der Waals surface area contributed by atoms with E-state index in [1.54, 1.807) is 13.0 Å². The molecule has 0 aliphatic rings. The van der Waals surface area contributed by atoms with E-state index < -0.39 is 17.8 Å². The van der Waals surface area contributed by atoms with Gasteiger partial charge in [-0.15, -0.1) is 0 Å². The first-order valence-electron chi connectivity index (χ1n) is 8.61. The number of ether oxygens (including phenoxy) is 2. The standard InChI is InChI=1S/C20H22F3NO3/c1-4-14-9-10-18(13(3)11-14)27-12-15-16(20(21,22)23)7-6-8-17(15)24-19(25)26-5-2/h6-11H,4-5,12H2,1-3H3,(H,24,25). The van der Waals surface area contributed by atoms with Crippen LogP contribution in [-0.2, 0) is 23.9 Å². The van der Waals surface area contributed by atoms with Gasteiger partial charge in [0.2, 0.25) is 0 Å². The van der Waals surface area contributed by atoms with Gasteiger partial charge in [-0.2, -0.15) is 13.2 Å². The largest absolute Gasteiger partial charge is 0.489 e. The average Bonchev–Trinajstić information content (AvgIpc) is 2.60. The molecule has 1 N–H and O–H groups in total. The number of anilines is 1. The summed E-state index contributed by atoms with van der Waals surface area (Å²) in [6.07, 6.45) is -4.54. The van der Waals surface area contributed by atoms with Crippen molar-refractivity contribution < 1.29 is 27.4 Å². The zero-order valence-corrected chi connectivity index (χ0v) is 15.4. The number of carbonyl (C=O) groups excluding carboxylic acids is 1. The Morgan fingerprint density at radius 2 is 1.89 bits per heavy atom. The summed E-state index contributed by atoms with van der Waals surface area (Å²) >= 11 is 0. The quantitative estimate of drug-likeness (QED) is 0.696. The Bertz CT molecular complexity index is 804. The first-order chi connectivity index (χ1) is 12.8. The van der Waals surface area contributed by atoms with Gasteiger partial charge >= 0.3 is 12.3 Å². The second-order valence-corrected chi connectivity index (χ2v) is 5.92. The van der Waals surface area contributed by atoms with Crippen molar-refractivity contribution in [2.45, 2.75) is 40.0 Å². The second-order valence-electron chi connectivity index (χ2n) is 5.92. The Morgan fingerprint density at radius 3 is 2.48 bits per heavy atom. The number of hydrogen-bond donors (Lipinski definition) is 1. The van der Waals surface area contributed by atoms with Gasteiger partial charge in [0.05, 0.1) is 17.9 Å². The Morgan fingerprint density at radius 1 is 1.15 bits per heavy atom. The summed E-state index contributed by atoms with van der Waals surface area (Å²) in [7, 11) is 0. The van der Waals surface area contributed by atoms with Crippen molar-refractivity contribution >= 4 is 11.8 Å². The van der Waals surface area contributed by atoms with Crippen molar-refractivity contribution in [3.05, 3.63) is 58.7 Å². The van der Waals surface area contributed by atoms with E-state index in [4.69, 9.17) is 9.47 Å². The van der Waals surface area contributed by atoms with E-state index in [1.165, 1.54) is 12.1 Å². The van der Waals surface area contributed by atoms with E-state index in [0.717, 1.165) is 23.6 Å². The molecule has 0 unspecified atom stereocenters. The van der Waals surface area contributed by atoms with E-state index in [9.17, 15) is 18.0 Å². The third-order valence-corrected chi connectivity index (χ3v) is 4.01. The second kappa shape index (κ2) is 8.79. The van der Waals surface area contributed by atoms with Gasteiger partial charge in [-0.05, 0) is 49.6 Å². The topological polar surface area (TPSA) is 47.6 Å². The van der Waals surface area contributed by atoms with Gasteiger partial charge in [0.1, 0.15) is 12.4 Å². The van der Waals surface area contributed by atoms with Gasteiger partial charge in [0.25, 0.3) is 0 Å². The van der Waals surface area contributed by atoms with Gasteiger partial charge in [0.15, 0.2) is 0 Å². The number of rotatable bonds is 6. The fourth-order valence-electron chi connectivity index (χ4n) is 2.65. The lowest BCUT2D eigenvalue weighted by molar-refractivity contribution is -0.138. The van der Waals surface area contributed by atoms with E-state index in [0.29, 0.717) is 5.75 Å².